The summed E-state index contributed by atoms with van der Waals surface area (Å²) in [5, 5.41) is 10.7. The van der Waals surface area contributed by atoms with Gasteiger partial charge in [0.2, 0.25) is 0 Å². The molecule has 6 nitrogen and oxygen atoms in total. The maximum absolute atomic E-state index is 12.3. The van der Waals surface area contributed by atoms with E-state index < -0.39 is 4.92 Å². The van der Waals surface area contributed by atoms with E-state index in [2.05, 4.69) is 0 Å². The molecule has 0 radical (unpaired) electrons. The predicted molar refractivity (Wildman–Crippen MR) is 70.8 cm³/mol. The lowest BCUT2D eigenvalue weighted by atomic mass is 9.94. The Hall–Kier alpha value is -1.95. The molecule has 1 heterocycles. The summed E-state index contributed by atoms with van der Waals surface area (Å²) in [4.78, 5) is 24.2. The molecule has 1 aromatic rings. The topological polar surface area (TPSA) is 89.5 Å². The van der Waals surface area contributed by atoms with Gasteiger partial charge in [-0.3, -0.25) is 14.9 Å². The lowest BCUT2D eigenvalue weighted by Crippen LogP contribution is -2.48. The number of nitro benzene ring substituents is 1. The number of nitrogens with two attached hydrogens (primary N) is 1. The van der Waals surface area contributed by atoms with Crippen LogP contribution in [0, 0.1) is 16.0 Å². The molecule has 0 spiro atoms. The smallest absolute Gasteiger partial charge is 0.270 e. The first-order valence-corrected chi connectivity index (χ1v) is 6.28. The van der Waals surface area contributed by atoms with Crippen molar-refractivity contribution in [2.75, 3.05) is 13.1 Å². The molecule has 1 aliphatic heterocycles. The fourth-order valence-corrected chi connectivity index (χ4v) is 2.28. The molecule has 0 aromatic heterocycles. The number of carbonyl (C=O) groups is 1. The van der Waals surface area contributed by atoms with Crippen LogP contribution < -0.4 is 5.73 Å². The Labute approximate surface area is 111 Å². The Morgan fingerprint density at radius 1 is 1.53 bits per heavy atom. The highest BCUT2D eigenvalue weighted by molar-refractivity contribution is 5.94. The highest BCUT2D eigenvalue weighted by Crippen LogP contribution is 2.19. The number of carbonyl (C=O) groups excluding carboxylic acids is 1. The maximum atomic E-state index is 12.3. The molecule has 0 bridgehead atoms. The zero-order chi connectivity index (χ0) is 14.0. The number of likely N-dealkylation sites (tertiary alicyclic amines) is 1. The molecule has 1 amide bonds. The fourth-order valence-electron chi connectivity index (χ4n) is 2.28. The Morgan fingerprint density at radius 3 is 2.89 bits per heavy atom. The van der Waals surface area contributed by atoms with Crippen molar-refractivity contribution >= 4 is 11.6 Å². The quantitative estimate of drug-likeness (QED) is 0.645. The first-order valence-electron chi connectivity index (χ1n) is 6.28. The van der Waals surface area contributed by atoms with Crippen LogP contribution >= 0.6 is 0 Å². The van der Waals surface area contributed by atoms with Crippen LogP contribution in [0.1, 0.15) is 23.7 Å². The van der Waals surface area contributed by atoms with Crippen LogP contribution in [0.25, 0.3) is 0 Å². The summed E-state index contributed by atoms with van der Waals surface area (Å²) in [6.07, 6.45) is 0.766. The highest BCUT2D eigenvalue weighted by Gasteiger charge is 2.27. The van der Waals surface area contributed by atoms with E-state index in [9.17, 15) is 14.9 Å². The molecule has 0 saturated carbocycles. The third-order valence-corrected chi connectivity index (χ3v) is 3.56. The molecule has 1 fully saturated rings. The van der Waals surface area contributed by atoms with Gasteiger partial charge in [-0.05, 0) is 18.4 Å². The third kappa shape index (κ3) is 2.90. The van der Waals surface area contributed by atoms with Crippen LogP contribution in [0.5, 0.6) is 0 Å². The number of hydrogen-bond donors (Lipinski definition) is 1. The van der Waals surface area contributed by atoms with Crippen molar-refractivity contribution < 1.29 is 9.72 Å². The zero-order valence-corrected chi connectivity index (χ0v) is 10.8. The minimum absolute atomic E-state index is 0.0624. The molecular formula is C13H17N3O3. The Morgan fingerprint density at radius 2 is 2.26 bits per heavy atom. The van der Waals surface area contributed by atoms with Gasteiger partial charge in [-0.2, -0.15) is 0 Å². The van der Waals surface area contributed by atoms with E-state index in [4.69, 9.17) is 5.73 Å². The lowest BCUT2D eigenvalue weighted by Gasteiger charge is -2.35. The van der Waals surface area contributed by atoms with Crippen molar-refractivity contribution in [1.29, 1.82) is 0 Å². The summed E-state index contributed by atoms with van der Waals surface area (Å²) in [5.74, 6) is 0.0823. The molecule has 2 N–H and O–H groups in total. The monoisotopic (exact) mass is 263 g/mol. The van der Waals surface area contributed by atoms with Gasteiger partial charge >= 0.3 is 0 Å². The lowest BCUT2D eigenvalue weighted by molar-refractivity contribution is -0.384. The van der Waals surface area contributed by atoms with Crippen LogP contribution in [0.2, 0.25) is 0 Å². The number of nitrogens with zero attached hydrogens (tertiary/aromatic N) is 2. The van der Waals surface area contributed by atoms with Gasteiger partial charge in [0, 0.05) is 36.8 Å². The van der Waals surface area contributed by atoms with Crippen molar-refractivity contribution in [2.24, 2.45) is 11.7 Å². The summed E-state index contributed by atoms with van der Waals surface area (Å²) < 4.78 is 0. The van der Waals surface area contributed by atoms with Crippen molar-refractivity contribution in [3.63, 3.8) is 0 Å². The average Bonchev–Trinajstić information content (AvgIpc) is 2.41. The van der Waals surface area contributed by atoms with E-state index in [0.717, 1.165) is 6.42 Å². The Kier molecular flexibility index (Phi) is 3.80. The Balaban J connectivity index is 2.16. The second-order valence-electron chi connectivity index (χ2n) is 4.99. The highest BCUT2D eigenvalue weighted by atomic mass is 16.6. The number of hydrogen-bond acceptors (Lipinski definition) is 4. The summed E-state index contributed by atoms with van der Waals surface area (Å²) in [5.41, 5.74) is 6.21. The van der Waals surface area contributed by atoms with Crippen molar-refractivity contribution in [3.8, 4) is 0 Å². The van der Waals surface area contributed by atoms with Gasteiger partial charge in [-0.15, -0.1) is 0 Å². The molecule has 1 saturated heterocycles. The second kappa shape index (κ2) is 5.36. The predicted octanol–water partition coefficient (Wildman–Crippen LogP) is 1.40. The van der Waals surface area contributed by atoms with Gasteiger partial charge < -0.3 is 10.6 Å². The Bertz CT molecular complexity index is 504. The van der Waals surface area contributed by atoms with Crippen LogP contribution in [0.3, 0.4) is 0 Å². The molecule has 6 heteroatoms. The van der Waals surface area contributed by atoms with Crippen molar-refractivity contribution in [1.82, 2.24) is 4.90 Å². The van der Waals surface area contributed by atoms with Crippen molar-refractivity contribution in [2.45, 2.75) is 19.4 Å². The number of amides is 1. The van der Waals surface area contributed by atoms with Crippen LogP contribution in [-0.4, -0.2) is 34.9 Å². The molecular weight excluding hydrogens is 246 g/mol. The number of rotatable bonds is 2. The van der Waals surface area contributed by atoms with Crippen LogP contribution in [0.15, 0.2) is 24.3 Å². The zero-order valence-electron chi connectivity index (χ0n) is 10.8. The summed E-state index contributed by atoms with van der Waals surface area (Å²) in [6.45, 7) is 3.22. The largest absolute Gasteiger partial charge is 0.338 e. The second-order valence-corrected chi connectivity index (χ2v) is 4.99. The molecule has 2 atom stereocenters. The number of piperidine rings is 1. The molecule has 19 heavy (non-hydrogen) atoms. The van der Waals surface area contributed by atoms with E-state index in [-0.39, 0.29) is 23.6 Å². The summed E-state index contributed by atoms with van der Waals surface area (Å²) in [6, 6.07) is 5.96. The van der Waals surface area contributed by atoms with Crippen LogP contribution in [-0.2, 0) is 0 Å². The van der Waals surface area contributed by atoms with E-state index >= 15 is 0 Å². The SMILES string of the molecule is CC1CN(C(=O)c2cccc([N+](=O)[O-])c2)CCC1N. The third-order valence-electron chi connectivity index (χ3n) is 3.56. The first kappa shape index (κ1) is 13.5. The molecule has 102 valence electrons. The molecule has 0 aliphatic carbocycles. The van der Waals surface area contributed by atoms with E-state index in [0.29, 0.717) is 18.7 Å². The molecule has 1 aliphatic rings. The summed E-state index contributed by atoms with van der Waals surface area (Å²) >= 11 is 0. The summed E-state index contributed by atoms with van der Waals surface area (Å²) in [7, 11) is 0. The van der Waals surface area contributed by atoms with Gasteiger partial charge in [0.15, 0.2) is 0 Å². The maximum Gasteiger partial charge on any atom is 0.270 e. The number of nitro groups is 1. The molecule has 2 unspecified atom stereocenters. The van der Waals surface area contributed by atoms with Gasteiger partial charge in [0.1, 0.15) is 0 Å². The number of benzene rings is 1. The minimum Gasteiger partial charge on any atom is -0.338 e. The first-order chi connectivity index (χ1) is 8.99. The molecule has 2 rings (SSSR count). The fraction of sp³-hybridized carbons (Fsp3) is 0.462. The van der Waals surface area contributed by atoms with E-state index in [1.54, 1.807) is 11.0 Å². The van der Waals surface area contributed by atoms with Crippen molar-refractivity contribution in [3.05, 3.63) is 39.9 Å². The normalized spacial score (nSPS) is 23.2. The van der Waals surface area contributed by atoms with Gasteiger partial charge in [0.25, 0.3) is 11.6 Å². The minimum atomic E-state index is -0.495. The average molecular weight is 263 g/mol. The van der Waals surface area contributed by atoms with Gasteiger partial charge in [-0.25, -0.2) is 0 Å². The van der Waals surface area contributed by atoms with Gasteiger partial charge in [0.05, 0.1) is 4.92 Å². The number of non-ortho nitro benzene ring substituents is 1. The standard InChI is InChI=1S/C13H17N3O3/c1-9-8-15(6-5-12(9)14)13(17)10-3-2-4-11(7-10)16(18)19/h2-4,7,9,12H,5-6,8,14H2,1H3. The van der Waals surface area contributed by atoms with Gasteiger partial charge in [-0.1, -0.05) is 13.0 Å². The van der Waals surface area contributed by atoms with E-state index in [1.165, 1.54) is 18.2 Å². The van der Waals surface area contributed by atoms with E-state index in [1.807, 2.05) is 6.92 Å². The molecule has 1 aromatic carbocycles. The van der Waals surface area contributed by atoms with Crippen LogP contribution in [0.4, 0.5) is 5.69 Å².